The number of guanidine groups is 1. The largest absolute Gasteiger partial charge is 0.459 e. The van der Waals surface area contributed by atoms with Gasteiger partial charge in [0.2, 0.25) is 0 Å². The molecule has 0 aliphatic rings. The molecule has 3 N–H and O–H groups in total. The molecule has 1 heterocycles. The SMILES string of the molecule is C=CCNC(=NCc1cccc(NC(=O)c2ccco2)c1)NCC. The van der Waals surface area contributed by atoms with Crippen LogP contribution in [0.1, 0.15) is 23.0 Å². The molecule has 0 aliphatic heterocycles. The number of hydrogen-bond acceptors (Lipinski definition) is 3. The van der Waals surface area contributed by atoms with E-state index in [-0.39, 0.29) is 11.7 Å². The van der Waals surface area contributed by atoms with Gasteiger partial charge in [-0.3, -0.25) is 4.79 Å². The second-order valence-corrected chi connectivity index (χ2v) is 5.00. The Balaban J connectivity index is 2.01. The molecule has 6 nitrogen and oxygen atoms in total. The molecule has 0 unspecified atom stereocenters. The maximum Gasteiger partial charge on any atom is 0.291 e. The summed E-state index contributed by atoms with van der Waals surface area (Å²) in [6.07, 6.45) is 3.25. The van der Waals surface area contributed by atoms with E-state index in [1.807, 2.05) is 31.2 Å². The second kappa shape index (κ2) is 9.19. The summed E-state index contributed by atoms with van der Waals surface area (Å²) in [4.78, 5) is 16.5. The molecule has 1 aromatic heterocycles. The van der Waals surface area contributed by atoms with Crippen LogP contribution in [0.15, 0.2) is 64.7 Å². The summed E-state index contributed by atoms with van der Waals surface area (Å²) >= 11 is 0. The first kappa shape index (κ1) is 17.3. The van der Waals surface area contributed by atoms with Crippen molar-refractivity contribution in [3.05, 3.63) is 66.6 Å². The monoisotopic (exact) mass is 326 g/mol. The van der Waals surface area contributed by atoms with Crippen molar-refractivity contribution in [2.45, 2.75) is 13.5 Å². The highest BCUT2D eigenvalue weighted by atomic mass is 16.3. The summed E-state index contributed by atoms with van der Waals surface area (Å²) in [7, 11) is 0. The highest BCUT2D eigenvalue weighted by molar-refractivity contribution is 6.02. The highest BCUT2D eigenvalue weighted by Crippen LogP contribution is 2.13. The van der Waals surface area contributed by atoms with Gasteiger partial charge in [-0.25, -0.2) is 4.99 Å². The lowest BCUT2D eigenvalue weighted by atomic mass is 10.2. The van der Waals surface area contributed by atoms with Gasteiger partial charge < -0.3 is 20.4 Å². The average molecular weight is 326 g/mol. The fourth-order valence-corrected chi connectivity index (χ4v) is 2.03. The number of carbonyl (C=O) groups excluding carboxylic acids is 1. The molecule has 6 heteroatoms. The Kier molecular flexibility index (Phi) is 6.64. The third-order valence-electron chi connectivity index (χ3n) is 3.11. The number of nitrogens with one attached hydrogen (secondary N) is 3. The Morgan fingerprint density at radius 3 is 2.88 bits per heavy atom. The van der Waals surface area contributed by atoms with Crippen LogP contribution < -0.4 is 16.0 Å². The van der Waals surface area contributed by atoms with Crippen molar-refractivity contribution in [1.82, 2.24) is 10.6 Å². The van der Waals surface area contributed by atoms with E-state index in [2.05, 4.69) is 27.5 Å². The van der Waals surface area contributed by atoms with Gasteiger partial charge in [-0.1, -0.05) is 18.2 Å². The van der Waals surface area contributed by atoms with E-state index in [4.69, 9.17) is 4.42 Å². The third-order valence-corrected chi connectivity index (χ3v) is 3.11. The minimum Gasteiger partial charge on any atom is -0.459 e. The topological polar surface area (TPSA) is 78.7 Å². The molecule has 0 saturated heterocycles. The summed E-state index contributed by atoms with van der Waals surface area (Å²) in [5, 5.41) is 9.11. The van der Waals surface area contributed by atoms with Crippen LogP contribution in [0.5, 0.6) is 0 Å². The van der Waals surface area contributed by atoms with Gasteiger partial charge in [0.25, 0.3) is 5.91 Å². The quantitative estimate of drug-likeness (QED) is 0.415. The van der Waals surface area contributed by atoms with Crippen molar-refractivity contribution in [3.8, 4) is 0 Å². The average Bonchev–Trinajstić information content (AvgIpc) is 3.12. The van der Waals surface area contributed by atoms with Crippen molar-refractivity contribution in [2.24, 2.45) is 4.99 Å². The number of nitrogens with zero attached hydrogens (tertiary/aromatic N) is 1. The Labute approximate surface area is 141 Å². The van der Waals surface area contributed by atoms with Gasteiger partial charge in [0, 0.05) is 18.8 Å². The number of aliphatic imine (C=N–C) groups is 1. The third kappa shape index (κ3) is 5.31. The van der Waals surface area contributed by atoms with Crippen LogP contribution in [0.4, 0.5) is 5.69 Å². The molecular formula is C18H22N4O2. The lowest BCUT2D eigenvalue weighted by Crippen LogP contribution is -2.37. The van der Waals surface area contributed by atoms with Crippen molar-refractivity contribution in [2.75, 3.05) is 18.4 Å². The first-order valence-electron chi connectivity index (χ1n) is 7.79. The number of amides is 1. The van der Waals surface area contributed by atoms with E-state index in [0.717, 1.165) is 18.1 Å². The number of benzene rings is 1. The Morgan fingerprint density at radius 1 is 1.29 bits per heavy atom. The zero-order valence-corrected chi connectivity index (χ0v) is 13.7. The zero-order valence-electron chi connectivity index (χ0n) is 13.7. The molecule has 0 aliphatic carbocycles. The minimum absolute atomic E-state index is 0.276. The molecule has 0 spiro atoms. The van der Waals surface area contributed by atoms with Crippen molar-refractivity contribution >= 4 is 17.6 Å². The van der Waals surface area contributed by atoms with Crippen LogP contribution in [-0.2, 0) is 6.54 Å². The van der Waals surface area contributed by atoms with Crippen LogP contribution in [0, 0.1) is 0 Å². The fourth-order valence-electron chi connectivity index (χ4n) is 2.03. The molecule has 0 bridgehead atoms. The van der Waals surface area contributed by atoms with Crippen LogP contribution in [0.3, 0.4) is 0 Å². The van der Waals surface area contributed by atoms with E-state index in [9.17, 15) is 4.79 Å². The maximum absolute atomic E-state index is 12.0. The highest BCUT2D eigenvalue weighted by Gasteiger charge is 2.08. The van der Waals surface area contributed by atoms with Crippen LogP contribution in [0.25, 0.3) is 0 Å². The standard InChI is InChI=1S/C18H22N4O2/c1-3-10-20-18(19-4-2)21-13-14-7-5-8-15(12-14)22-17(23)16-9-6-11-24-16/h3,5-9,11-12H,1,4,10,13H2,2H3,(H,22,23)(H2,19,20,21). The van der Waals surface area contributed by atoms with Crippen molar-refractivity contribution in [3.63, 3.8) is 0 Å². The molecular weight excluding hydrogens is 304 g/mol. The van der Waals surface area contributed by atoms with Gasteiger partial charge in [0.05, 0.1) is 12.8 Å². The number of anilines is 1. The first-order valence-corrected chi connectivity index (χ1v) is 7.79. The van der Waals surface area contributed by atoms with Crippen LogP contribution in [0.2, 0.25) is 0 Å². The molecule has 0 fully saturated rings. The molecule has 2 aromatic rings. The number of furan rings is 1. The van der Waals surface area contributed by atoms with E-state index in [0.29, 0.717) is 18.8 Å². The van der Waals surface area contributed by atoms with Crippen LogP contribution >= 0.6 is 0 Å². The van der Waals surface area contributed by atoms with Gasteiger partial charge >= 0.3 is 0 Å². The smallest absolute Gasteiger partial charge is 0.291 e. The van der Waals surface area contributed by atoms with Crippen LogP contribution in [-0.4, -0.2) is 25.0 Å². The summed E-state index contributed by atoms with van der Waals surface area (Å²) in [5.74, 6) is 0.727. The first-order chi connectivity index (χ1) is 11.7. The number of carbonyl (C=O) groups is 1. The van der Waals surface area contributed by atoms with Crippen molar-refractivity contribution in [1.29, 1.82) is 0 Å². The number of rotatable bonds is 7. The molecule has 24 heavy (non-hydrogen) atoms. The molecule has 126 valence electrons. The van der Waals surface area contributed by atoms with E-state index in [1.54, 1.807) is 18.2 Å². The normalized spacial score (nSPS) is 11.0. The molecule has 0 radical (unpaired) electrons. The van der Waals surface area contributed by atoms with E-state index >= 15 is 0 Å². The summed E-state index contributed by atoms with van der Waals surface area (Å²) in [6, 6.07) is 10.9. The van der Waals surface area contributed by atoms with E-state index in [1.165, 1.54) is 6.26 Å². The predicted molar refractivity (Wildman–Crippen MR) is 96.1 cm³/mol. The van der Waals surface area contributed by atoms with Gasteiger partial charge in [-0.2, -0.15) is 0 Å². The molecule has 1 aromatic carbocycles. The summed E-state index contributed by atoms with van der Waals surface area (Å²) in [6.45, 7) is 7.61. The summed E-state index contributed by atoms with van der Waals surface area (Å²) < 4.78 is 5.08. The van der Waals surface area contributed by atoms with Gasteiger partial charge in [0.15, 0.2) is 11.7 Å². The molecule has 1 amide bonds. The molecule has 2 rings (SSSR count). The van der Waals surface area contributed by atoms with Gasteiger partial charge in [-0.05, 0) is 36.8 Å². The van der Waals surface area contributed by atoms with Crippen molar-refractivity contribution < 1.29 is 9.21 Å². The zero-order chi connectivity index (χ0) is 17.2. The predicted octanol–water partition coefficient (Wildman–Crippen LogP) is 2.77. The Bertz CT molecular complexity index is 693. The van der Waals surface area contributed by atoms with Gasteiger partial charge in [-0.15, -0.1) is 6.58 Å². The lowest BCUT2D eigenvalue weighted by Gasteiger charge is -2.10. The maximum atomic E-state index is 12.0. The molecule has 0 atom stereocenters. The lowest BCUT2D eigenvalue weighted by molar-refractivity contribution is 0.0996. The molecule has 0 saturated carbocycles. The Morgan fingerprint density at radius 2 is 2.17 bits per heavy atom. The summed E-state index contributed by atoms with van der Waals surface area (Å²) in [5.41, 5.74) is 1.69. The minimum atomic E-state index is -0.276. The number of hydrogen-bond donors (Lipinski definition) is 3. The van der Waals surface area contributed by atoms with Gasteiger partial charge in [0.1, 0.15) is 0 Å². The fraction of sp³-hybridized carbons (Fsp3) is 0.222. The second-order valence-electron chi connectivity index (χ2n) is 5.00. The van der Waals surface area contributed by atoms with E-state index < -0.39 is 0 Å². The Hall–Kier alpha value is -3.02.